The van der Waals surface area contributed by atoms with Crippen molar-refractivity contribution < 1.29 is 53.4 Å². The van der Waals surface area contributed by atoms with Crippen LogP contribution in [-0.2, 0) is 11.3 Å². The predicted octanol–water partition coefficient (Wildman–Crippen LogP) is -4.88. The molecule has 0 unspecified atom stereocenters. The number of hydrogen-bond acceptors (Lipinski definition) is 11. The molecule has 4 rings (SSSR count). The van der Waals surface area contributed by atoms with E-state index in [1.807, 2.05) is 31.2 Å². The quantitative estimate of drug-likeness (QED) is 0.300. The van der Waals surface area contributed by atoms with Crippen molar-refractivity contribution in [1.82, 2.24) is 14.5 Å². The van der Waals surface area contributed by atoms with Gasteiger partial charge in [-0.05, 0) is 18.1 Å². The lowest BCUT2D eigenvalue weighted by Crippen LogP contribution is -2.68. The van der Waals surface area contributed by atoms with Crippen LogP contribution in [0.2, 0.25) is 0 Å². The van der Waals surface area contributed by atoms with E-state index in [0.717, 1.165) is 11.1 Å². The summed E-state index contributed by atoms with van der Waals surface area (Å²) in [5, 5.41) is 19.2. The monoisotopic (exact) mass is 471 g/mol. The van der Waals surface area contributed by atoms with E-state index in [1.165, 1.54) is 11.1 Å². The summed E-state index contributed by atoms with van der Waals surface area (Å²) in [7, 11) is -4.94. The molecule has 1 fully saturated rings. The lowest BCUT2D eigenvalue weighted by Gasteiger charge is -2.17. The van der Waals surface area contributed by atoms with Gasteiger partial charge in [-0.2, -0.15) is 0 Å². The van der Waals surface area contributed by atoms with Crippen LogP contribution < -0.4 is 33.9 Å². The average Bonchev–Trinajstić information content (AvgIpc) is 3.31. The smallest absolute Gasteiger partial charge is 0.289 e. The molecule has 0 spiro atoms. The van der Waals surface area contributed by atoms with Crippen LogP contribution in [0.5, 0.6) is 0 Å². The van der Waals surface area contributed by atoms with Crippen molar-refractivity contribution in [3.8, 4) is 0 Å². The summed E-state index contributed by atoms with van der Waals surface area (Å²) in [6.45, 7) is 2.13. The van der Waals surface area contributed by atoms with Crippen molar-refractivity contribution in [3.05, 3.63) is 48.0 Å². The number of fused-ring (bicyclic) bond motifs is 1. The van der Waals surface area contributed by atoms with Crippen molar-refractivity contribution in [2.24, 2.45) is 0 Å². The Morgan fingerprint density at radius 1 is 1.28 bits per heavy atom. The number of hydrogen-bond donors (Lipinski definition) is 3. The third-order valence-electron chi connectivity index (χ3n) is 4.85. The second-order valence-electron chi connectivity index (χ2n) is 6.97. The van der Waals surface area contributed by atoms with Gasteiger partial charge in [-0.3, -0.25) is 4.57 Å². The lowest BCUT2D eigenvalue weighted by atomic mass is 10.1. The van der Waals surface area contributed by atoms with Gasteiger partial charge in [-0.1, -0.05) is 34.0 Å². The van der Waals surface area contributed by atoms with Gasteiger partial charge in [0.25, 0.3) is 12.1 Å². The Labute approximate surface area is 184 Å². The standard InChI is InChI=1S/C18H21N5O4.ClHO4/c1-11-4-2-3-5-12(11)8-26-23-10-21-18-16(17(23)19)20-9-22(18)15-6-13(25)14(7-24)27-15;2-1(3,4)5/h2-5,9-10,13-15,19,24-25H,6-8H2,1H3;(H,2,3,4,5)/t13-,14+,15+;/m0./s1. The molecule has 3 atom stereocenters. The minimum atomic E-state index is -4.94. The fourth-order valence-corrected chi connectivity index (χ4v) is 3.21. The number of halogens is 1. The van der Waals surface area contributed by atoms with Gasteiger partial charge >= 0.3 is 0 Å². The molecule has 1 aliphatic heterocycles. The largest absolute Gasteiger partial charge is 0.394 e. The molecule has 3 aromatic rings. The van der Waals surface area contributed by atoms with Gasteiger partial charge in [-0.25, -0.2) is 23.6 Å². The van der Waals surface area contributed by atoms with Crippen molar-refractivity contribution in [2.45, 2.75) is 38.4 Å². The van der Waals surface area contributed by atoms with Crippen molar-refractivity contribution in [1.29, 1.82) is 0 Å². The van der Waals surface area contributed by atoms with Crippen LogP contribution in [0.4, 0.5) is 5.82 Å². The molecule has 0 aliphatic carbocycles. The van der Waals surface area contributed by atoms with Crippen molar-refractivity contribution in [2.75, 3.05) is 12.3 Å². The number of aliphatic hydroxyl groups is 2. The molecule has 0 bridgehead atoms. The Bertz CT molecular complexity index is 1050. The summed E-state index contributed by atoms with van der Waals surface area (Å²) in [4.78, 5) is 14.5. The first-order valence-electron chi connectivity index (χ1n) is 9.35. The number of aryl methyl sites for hydroxylation is 1. The van der Waals surface area contributed by atoms with Gasteiger partial charge in [0.2, 0.25) is 11.2 Å². The molecule has 0 amide bonds. The Balaban J connectivity index is 0.000000523. The number of nitrogen functional groups attached to an aromatic ring is 1. The zero-order valence-electron chi connectivity index (χ0n) is 16.9. The number of imidazole rings is 1. The zero-order chi connectivity index (χ0) is 23.5. The van der Waals surface area contributed by atoms with Crippen molar-refractivity contribution >= 4 is 17.0 Å². The summed E-state index contributed by atoms with van der Waals surface area (Å²) in [6.07, 6.45) is 1.59. The molecule has 14 heteroatoms. The highest BCUT2D eigenvalue weighted by Crippen LogP contribution is 2.30. The van der Waals surface area contributed by atoms with E-state index in [2.05, 4.69) is 9.97 Å². The normalized spacial score (nSPS) is 20.8. The highest BCUT2D eigenvalue weighted by Gasteiger charge is 2.36. The Kier molecular flexibility index (Phi) is 7.43. The van der Waals surface area contributed by atoms with E-state index >= 15 is 0 Å². The average molecular weight is 472 g/mol. The Morgan fingerprint density at radius 3 is 2.59 bits per heavy atom. The number of ether oxygens (including phenoxy) is 1. The van der Waals surface area contributed by atoms with E-state index in [1.54, 1.807) is 10.9 Å². The molecule has 32 heavy (non-hydrogen) atoms. The Hall–Kier alpha value is -2.62. The summed E-state index contributed by atoms with van der Waals surface area (Å²) in [5.41, 5.74) is 9.40. The minimum Gasteiger partial charge on any atom is -0.394 e. The minimum absolute atomic E-state index is 0.243. The summed E-state index contributed by atoms with van der Waals surface area (Å²) >= 11 is 0. The van der Waals surface area contributed by atoms with Gasteiger partial charge in [0.15, 0.2) is 6.61 Å². The number of anilines is 1. The van der Waals surface area contributed by atoms with E-state index in [4.69, 9.17) is 33.9 Å². The predicted molar refractivity (Wildman–Crippen MR) is 95.2 cm³/mol. The SMILES string of the molecule is Cc1ccccc1CO[n+]1cnc2c(ncn2[C@H]2C[C@H](O)[C@@H](CO)O2)c1N.[O-][Cl+3]([O-])([O-])[O-]. The molecule has 1 saturated heterocycles. The molecular formula is C18H22ClN5O8. The van der Waals surface area contributed by atoms with Gasteiger partial charge in [-0.15, -0.1) is 10.2 Å². The topological polar surface area (TPSA) is 212 Å². The van der Waals surface area contributed by atoms with Crippen LogP contribution >= 0.6 is 0 Å². The van der Waals surface area contributed by atoms with Crippen LogP contribution in [0.25, 0.3) is 11.2 Å². The van der Waals surface area contributed by atoms with Gasteiger partial charge < -0.3 is 25.5 Å². The summed E-state index contributed by atoms with van der Waals surface area (Å²) < 4.78 is 42.7. The van der Waals surface area contributed by atoms with E-state index in [0.29, 0.717) is 30.0 Å². The first kappa shape index (κ1) is 24.0. The zero-order valence-corrected chi connectivity index (χ0v) is 17.7. The first-order valence-corrected chi connectivity index (χ1v) is 10.6. The molecule has 0 saturated carbocycles. The van der Waals surface area contributed by atoms with E-state index < -0.39 is 28.7 Å². The van der Waals surface area contributed by atoms with Crippen LogP contribution in [0.15, 0.2) is 36.9 Å². The lowest BCUT2D eigenvalue weighted by molar-refractivity contribution is -2.00. The third-order valence-corrected chi connectivity index (χ3v) is 4.85. The van der Waals surface area contributed by atoms with Crippen LogP contribution in [0.3, 0.4) is 0 Å². The molecule has 1 aliphatic rings. The second kappa shape index (κ2) is 9.89. The van der Waals surface area contributed by atoms with Gasteiger partial charge in [0, 0.05) is 6.42 Å². The number of rotatable bonds is 5. The third kappa shape index (κ3) is 5.79. The summed E-state index contributed by atoms with van der Waals surface area (Å²) in [6, 6.07) is 7.95. The molecule has 13 nitrogen and oxygen atoms in total. The Morgan fingerprint density at radius 2 is 1.97 bits per heavy atom. The molecule has 174 valence electrons. The first-order chi connectivity index (χ1) is 15.1. The second-order valence-corrected chi connectivity index (χ2v) is 7.73. The highest BCUT2D eigenvalue weighted by molar-refractivity contribution is 5.79. The maximum absolute atomic E-state index is 9.94. The number of benzene rings is 1. The van der Waals surface area contributed by atoms with Gasteiger partial charge in [0.05, 0.1) is 12.7 Å². The van der Waals surface area contributed by atoms with E-state index in [9.17, 15) is 10.2 Å². The molecule has 1 aromatic carbocycles. The molecule has 0 radical (unpaired) electrons. The molecule has 4 N–H and O–H groups in total. The van der Waals surface area contributed by atoms with Gasteiger partial charge in [0.1, 0.15) is 18.7 Å². The molecule has 3 heterocycles. The van der Waals surface area contributed by atoms with Crippen LogP contribution in [0.1, 0.15) is 23.8 Å². The molecular weight excluding hydrogens is 450 g/mol. The fourth-order valence-electron chi connectivity index (χ4n) is 3.21. The number of nitrogens with two attached hydrogens (primary N) is 1. The van der Waals surface area contributed by atoms with Crippen molar-refractivity contribution in [3.63, 3.8) is 0 Å². The fraction of sp³-hybridized carbons (Fsp3) is 0.389. The number of aromatic nitrogens is 4. The maximum atomic E-state index is 9.94. The summed E-state index contributed by atoms with van der Waals surface area (Å²) in [5.74, 6) is 0.324. The van der Waals surface area contributed by atoms with Crippen LogP contribution in [-0.4, -0.2) is 43.6 Å². The highest BCUT2D eigenvalue weighted by atomic mass is 35.7. The van der Waals surface area contributed by atoms with E-state index in [-0.39, 0.29) is 6.61 Å². The number of nitrogens with zero attached hydrogens (tertiary/aromatic N) is 4. The molecule has 2 aromatic heterocycles. The number of aliphatic hydroxyl groups excluding tert-OH is 2. The van der Waals surface area contributed by atoms with Crippen LogP contribution in [0, 0.1) is 17.2 Å². The maximum Gasteiger partial charge on any atom is 0.289 e.